The monoisotopic (exact) mass is 377 g/mol. The summed E-state index contributed by atoms with van der Waals surface area (Å²) in [6, 6.07) is 6.00. The molecule has 0 radical (unpaired) electrons. The number of hydrogen-bond acceptors (Lipinski definition) is 4. The Bertz CT molecular complexity index is 911. The number of nitrogens with one attached hydrogen (secondary N) is 1. The van der Waals surface area contributed by atoms with Crippen LogP contribution in [0.25, 0.3) is 0 Å². The van der Waals surface area contributed by atoms with E-state index in [0.717, 1.165) is 19.3 Å². The number of halogens is 1. The highest BCUT2D eigenvalue weighted by molar-refractivity contribution is 7.89. The fourth-order valence-electron chi connectivity index (χ4n) is 2.99. The summed E-state index contributed by atoms with van der Waals surface area (Å²) in [6.45, 7) is 2.31. The van der Waals surface area contributed by atoms with Gasteiger partial charge in [0.05, 0.1) is 11.3 Å². The van der Waals surface area contributed by atoms with Crippen LogP contribution in [-0.4, -0.2) is 36.7 Å². The van der Waals surface area contributed by atoms with Crippen LogP contribution in [0, 0.1) is 12.7 Å². The summed E-state index contributed by atoms with van der Waals surface area (Å²) in [5.41, 5.74) is 0.403. The van der Waals surface area contributed by atoms with Gasteiger partial charge in [-0.15, -0.1) is 0 Å². The molecule has 1 aromatic carbocycles. The predicted octanol–water partition coefficient (Wildman–Crippen LogP) is 2.96. The molecule has 138 valence electrons. The van der Waals surface area contributed by atoms with Crippen molar-refractivity contribution in [3.05, 3.63) is 53.6 Å². The second-order valence-electron chi connectivity index (χ2n) is 6.23. The first kappa shape index (κ1) is 18.5. The van der Waals surface area contributed by atoms with Crippen LogP contribution in [0.1, 0.15) is 35.2 Å². The SMILES string of the molecule is Cc1ccc(NC(=O)c2cccnc2)c(F)c1S(=O)(=O)N1CCCCC1. The Balaban J connectivity index is 1.95. The molecule has 8 heteroatoms. The standard InChI is InChI=1S/C18H20FN3O3S/c1-13-7-8-15(21-18(23)14-6-5-9-20-12-14)16(19)17(13)26(24,25)22-10-3-2-4-11-22/h5-9,12H,2-4,10-11H2,1H3,(H,21,23). The second kappa shape index (κ2) is 7.51. The number of piperidine rings is 1. The van der Waals surface area contributed by atoms with Crippen molar-refractivity contribution in [2.45, 2.75) is 31.1 Å². The van der Waals surface area contributed by atoms with E-state index in [9.17, 15) is 13.2 Å². The first-order valence-corrected chi connectivity index (χ1v) is 9.86. The molecule has 1 fully saturated rings. The second-order valence-corrected chi connectivity index (χ2v) is 8.11. The number of sulfonamides is 1. The van der Waals surface area contributed by atoms with E-state index in [1.807, 2.05) is 0 Å². The zero-order chi connectivity index (χ0) is 18.7. The molecule has 26 heavy (non-hydrogen) atoms. The number of aromatic nitrogens is 1. The van der Waals surface area contributed by atoms with E-state index < -0.39 is 21.7 Å². The summed E-state index contributed by atoms with van der Waals surface area (Å²) in [5, 5.41) is 2.43. The zero-order valence-electron chi connectivity index (χ0n) is 14.4. The van der Waals surface area contributed by atoms with Crippen molar-refractivity contribution >= 4 is 21.6 Å². The molecular weight excluding hydrogens is 357 g/mol. The van der Waals surface area contributed by atoms with Crippen molar-refractivity contribution in [1.29, 1.82) is 0 Å². The van der Waals surface area contributed by atoms with Gasteiger partial charge in [-0.1, -0.05) is 12.5 Å². The minimum Gasteiger partial charge on any atom is -0.319 e. The number of carbonyl (C=O) groups excluding carboxylic acids is 1. The van der Waals surface area contributed by atoms with Gasteiger partial charge in [0.1, 0.15) is 4.90 Å². The molecule has 0 spiro atoms. The minimum atomic E-state index is -3.95. The van der Waals surface area contributed by atoms with Crippen molar-refractivity contribution in [1.82, 2.24) is 9.29 Å². The van der Waals surface area contributed by atoms with Crippen molar-refractivity contribution < 1.29 is 17.6 Å². The predicted molar refractivity (Wildman–Crippen MR) is 95.9 cm³/mol. The summed E-state index contributed by atoms with van der Waals surface area (Å²) in [7, 11) is -3.95. The molecule has 0 saturated carbocycles. The quantitative estimate of drug-likeness (QED) is 0.888. The van der Waals surface area contributed by atoms with Gasteiger partial charge in [0.25, 0.3) is 5.91 Å². The summed E-state index contributed by atoms with van der Waals surface area (Å²) in [6.07, 6.45) is 5.36. The highest BCUT2D eigenvalue weighted by Crippen LogP contribution is 2.30. The van der Waals surface area contributed by atoms with Crippen LogP contribution in [0.4, 0.5) is 10.1 Å². The molecule has 1 aliphatic heterocycles. The molecule has 1 N–H and O–H groups in total. The Kier molecular flexibility index (Phi) is 5.33. The number of rotatable bonds is 4. The Labute approximate surface area is 152 Å². The summed E-state index contributed by atoms with van der Waals surface area (Å²) < 4.78 is 42.1. The molecule has 6 nitrogen and oxygen atoms in total. The summed E-state index contributed by atoms with van der Waals surface area (Å²) in [5.74, 6) is -1.49. The Morgan fingerprint density at radius 2 is 1.92 bits per heavy atom. The Morgan fingerprint density at radius 3 is 2.58 bits per heavy atom. The fraction of sp³-hybridized carbons (Fsp3) is 0.333. The molecule has 1 amide bonds. The molecule has 3 rings (SSSR count). The lowest BCUT2D eigenvalue weighted by Crippen LogP contribution is -2.36. The number of nitrogens with zero attached hydrogens (tertiary/aromatic N) is 2. The third-order valence-electron chi connectivity index (χ3n) is 4.38. The molecule has 0 unspecified atom stereocenters. The van der Waals surface area contributed by atoms with Gasteiger partial charge in [0.2, 0.25) is 10.0 Å². The summed E-state index contributed by atoms with van der Waals surface area (Å²) >= 11 is 0. The van der Waals surface area contributed by atoms with E-state index in [1.165, 1.54) is 28.8 Å². The highest BCUT2D eigenvalue weighted by Gasteiger charge is 2.31. The number of hydrogen-bond donors (Lipinski definition) is 1. The molecule has 2 heterocycles. The first-order valence-electron chi connectivity index (χ1n) is 8.42. The maximum atomic E-state index is 15.0. The van der Waals surface area contributed by atoms with Gasteiger partial charge in [-0.3, -0.25) is 9.78 Å². The van der Waals surface area contributed by atoms with E-state index in [0.29, 0.717) is 18.7 Å². The Hall–Kier alpha value is -2.32. The fourth-order valence-corrected chi connectivity index (χ4v) is 4.80. The Morgan fingerprint density at radius 1 is 1.19 bits per heavy atom. The molecule has 1 aromatic heterocycles. The largest absolute Gasteiger partial charge is 0.319 e. The summed E-state index contributed by atoms with van der Waals surface area (Å²) in [4.78, 5) is 15.7. The van der Waals surface area contributed by atoms with Crippen LogP contribution >= 0.6 is 0 Å². The van der Waals surface area contributed by atoms with Gasteiger partial charge in [0.15, 0.2) is 5.82 Å². The van der Waals surface area contributed by atoms with Gasteiger partial charge in [-0.05, 0) is 43.5 Å². The third-order valence-corrected chi connectivity index (χ3v) is 6.44. The number of amides is 1. The van der Waals surface area contributed by atoms with E-state index in [2.05, 4.69) is 10.3 Å². The third kappa shape index (κ3) is 3.61. The van der Waals surface area contributed by atoms with Crippen LogP contribution in [0.2, 0.25) is 0 Å². The number of aryl methyl sites for hydroxylation is 1. The van der Waals surface area contributed by atoms with Crippen molar-refractivity contribution in [3.63, 3.8) is 0 Å². The van der Waals surface area contributed by atoms with Crippen LogP contribution in [0.3, 0.4) is 0 Å². The smallest absolute Gasteiger partial charge is 0.257 e. The van der Waals surface area contributed by atoms with Crippen molar-refractivity contribution in [2.75, 3.05) is 18.4 Å². The molecule has 0 bridgehead atoms. The van der Waals surface area contributed by atoms with E-state index >= 15 is 4.39 Å². The average molecular weight is 377 g/mol. The van der Waals surface area contributed by atoms with Crippen molar-refractivity contribution in [2.24, 2.45) is 0 Å². The lowest BCUT2D eigenvalue weighted by molar-refractivity contribution is 0.102. The van der Waals surface area contributed by atoms with Gasteiger partial charge < -0.3 is 5.32 Å². The molecular formula is C18H20FN3O3S. The van der Waals surface area contributed by atoms with Crippen LogP contribution in [0.15, 0.2) is 41.6 Å². The van der Waals surface area contributed by atoms with E-state index in [4.69, 9.17) is 0 Å². The number of benzene rings is 1. The lowest BCUT2D eigenvalue weighted by Gasteiger charge is -2.27. The average Bonchev–Trinajstić information content (AvgIpc) is 2.65. The lowest BCUT2D eigenvalue weighted by atomic mass is 10.2. The number of anilines is 1. The number of carbonyl (C=O) groups is 1. The minimum absolute atomic E-state index is 0.167. The van der Waals surface area contributed by atoms with E-state index in [1.54, 1.807) is 19.1 Å². The van der Waals surface area contributed by atoms with Gasteiger partial charge in [0, 0.05) is 25.5 Å². The van der Waals surface area contributed by atoms with Crippen molar-refractivity contribution in [3.8, 4) is 0 Å². The molecule has 2 aromatic rings. The van der Waals surface area contributed by atoms with Crippen LogP contribution in [-0.2, 0) is 10.0 Å². The number of pyridine rings is 1. The van der Waals surface area contributed by atoms with Gasteiger partial charge in [-0.25, -0.2) is 12.8 Å². The van der Waals surface area contributed by atoms with Gasteiger partial charge >= 0.3 is 0 Å². The topological polar surface area (TPSA) is 79.4 Å². The highest BCUT2D eigenvalue weighted by atomic mass is 32.2. The molecule has 0 aliphatic carbocycles. The van der Waals surface area contributed by atoms with Crippen LogP contribution < -0.4 is 5.32 Å². The maximum absolute atomic E-state index is 15.0. The molecule has 1 saturated heterocycles. The molecule has 0 atom stereocenters. The zero-order valence-corrected chi connectivity index (χ0v) is 15.2. The normalized spacial score (nSPS) is 15.6. The van der Waals surface area contributed by atoms with Crippen LogP contribution in [0.5, 0.6) is 0 Å². The van der Waals surface area contributed by atoms with Gasteiger partial charge in [-0.2, -0.15) is 4.31 Å². The first-order chi connectivity index (χ1) is 12.4. The molecule has 1 aliphatic rings. The van der Waals surface area contributed by atoms with E-state index in [-0.39, 0.29) is 16.1 Å². The maximum Gasteiger partial charge on any atom is 0.257 e.